The number of aromatic nitrogens is 2. The largest absolute Gasteiger partial charge is 0.435 e. The lowest BCUT2D eigenvalue weighted by molar-refractivity contribution is -0.131. The molecule has 0 bridgehead atoms. The molecule has 0 unspecified atom stereocenters. The summed E-state index contributed by atoms with van der Waals surface area (Å²) in [7, 11) is 0. The Bertz CT molecular complexity index is 1170. The molecule has 1 aliphatic rings. The minimum Gasteiger partial charge on any atom is -0.435 e. The highest BCUT2D eigenvalue weighted by molar-refractivity contribution is 5.96. The minimum absolute atomic E-state index is 0.0442. The summed E-state index contributed by atoms with van der Waals surface area (Å²) in [5.41, 5.74) is 7.10. The topological polar surface area (TPSA) is 114 Å². The van der Waals surface area contributed by atoms with Crippen molar-refractivity contribution in [2.24, 2.45) is 0 Å². The van der Waals surface area contributed by atoms with Crippen molar-refractivity contribution in [3.63, 3.8) is 0 Å². The number of para-hydroxylation sites is 1. The van der Waals surface area contributed by atoms with E-state index < -0.39 is 12.5 Å². The average molecular weight is 470 g/mol. The first-order chi connectivity index (χ1) is 16.4. The third-order valence-electron chi connectivity index (χ3n) is 5.51. The molecule has 2 amide bonds. The van der Waals surface area contributed by atoms with Crippen molar-refractivity contribution in [3.8, 4) is 5.75 Å². The number of halogens is 2. The molecule has 1 aliphatic heterocycles. The average Bonchev–Trinajstić information content (AvgIpc) is 2.83. The fraction of sp³-hybridized carbons (Fsp3) is 0.304. The van der Waals surface area contributed by atoms with Crippen LogP contribution in [0.5, 0.6) is 5.75 Å². The van der Waals surface area contributed by atoms with Crippen LogP contribution in [0.15, 0.2) is 48.5 Å². The zero-order chi connectivity index (χ0) is 24.1. The van der Waals surface area contributed by atoms with Gasteiger partial charge in [-0.25, -0.2) is 9.97 Å². The van der Waals surface area contributed by atoms with Gasteiger partial charge in [0.2, 0.25) is 5.91 Å². The monoisotopic (exact) mass is 470 g/mol. The van der Waals surface area contributed by atoms with Crippen LogP contribution >= 0.6 is 0 Å². The zero-order valence-electron chi connectivity index (χ0n) is 18.3. The molecule has 11 heteroatoms. The van der Waals surface area contributed by atoms with Crippen LogP contribution in [0.4, 0.5) is 14.6 Å². The molecule has 1 aromatic heterocycles. The number of hydrogen-bond donors (Lipinski definition) is 2. The van der Waals surface area contributed by atoms with E-state index in [9.17, 15) is 18.4 Å². The van der Waals surface area contributed by atoms with E-state index in [1.807, 2.05) is 24.3 Å². The number of nitrogens with one attached hydrogen (secondary N) is 1. The molecule has 4 rings (SSSR count). The van der Waals surface area contributed by atoms with E-state index in [2.05, 4.69) is 24.9 Å². The van der Waals surface area contributed by atoms with Crippen molar-refractivity contribution in [2.45, 2.75) is 13.2 Å². The summed E-state index contributed by atoms with van der Waals surface area (Å²) >= 11 is 0. The smallest absolute Gasteiger partial charge is 0.387 e. The molecule has 3 aromatic rings. The quantitative estimate of drug-likeness (QED) is 0.542. The van der Waals surface area contributed by atoms with Gasteiger partial charge in [-0.2, -0.15) is 8.78 Å². The summed E-state index contributed by atoms with van der Waals surface area (Å²) < 4.78 is 28.7. The van der Waals surface area contributed by atoms with Gasteiger partial charge in [-0.05, 0) is 36.4 Å². The summed E-state index contributed by atoms with van der Waals surface area (Å²) in [5.74, 6) is 0.366. The molecule has 1 saturated heterocycles. The van der Waals surface area contributed by atoms with Gasteiger partial charge in [-0.1, -0.05) is 12.1 Å². The number of amides is 2. The molecule has 0 aliphatic carbocycles. The van der Waals surface area contributed by atoms with Gasteiger partial charge >= 0.3 is 6.61 Å². The van der Waals surface area contributed by atoms with Gasteiger partial charge in [0.15, 0.2) is 0 Å². The number of alkyl halides is 2. The summed E-state index contributed by atoms with van der Waals surface area (Å²) in [4.78, 5) is 37.6. The highest BCUT2D eigenvalue weighted by atomic mass is 19.3. The number of nitrogens with two attached hydrogens (primary N) is 1. The van der Waals surface area contributed by atoms with E-state index in [1.54, 1.807) is 4.90 Å². The Hall–Kier alpha value is -3.86. The first-order valence-electron chi connectivity index (χ1n) is 10.7. The Kier molecular flexibility index (Phi) is 7.12. The summed E-state index contributed by atoms with van der Waals surface area (Å²) in [6.07, 6.45) is 0. The molecule has 2 heterocycles. The molecule has 0 radical (unpaired) electrons. The van der Waals surface area contributed by atoms with Crippen LogP contribution in [-0.4, -0.2) is 70.9 Å². The summed E-state index contributed by atoms with van der Waals surface area (Å²) in [6.45, 7) is -0.259. The molecular weight excluding hydrogens is 446 g/mol. The van der Waals surface area contributed by atoms with Crippen LogP contribution in [0.3, 0.4) is 0 Å². The molecule has 1 fully saturated rings. The van der Waals surface area contributed by atoms with Crippen molar-refractivity contribution >= 4 is 28.5 Å². The molecule has 0 spiro atoms. The van der Waals surface area contributed by atoms with Gasteiger partial charge < -0.3 is 20.7 Å². The van der Waals surface area contributed by atoms with E-state index in [4.69, 9.17) is 5.73 Å². The van der Waals surface area contributed by atoms with Gasteiger partial charge in [-0.3, -0.25) is 14.5 Å². The first kappa shape index (κ1) is 23.3. The van der Waals surface area contributed by atoms with Crippen LogP contribution < -0.4 is 15.8 Å². The van der Waals surface area contributed by atoms with Crippen LogP contribution in [0, 0.1) is 0 Å². The number of carbonyl (C=O) groups is 2. The SMILES string of the molecule is Nc1nc(CN2CCN(C(=O)CNC(=O)c3ccc(OC(F)F)cc3)CC2)nc2ccccc12. The van der Waals surface area contributed by atoms with E-state index >= 15 is 0 Å². The zero-order valence-corrected chi connectivity index (χ0v) is 18.3. The molecule has 3 N–H and O–H groups in total. The number of benzene rings is 2. The standard InChI is InChI=1S/C23H24F2N6O3/c24-23(25)34-16-7-5-15(6-8-16)22(33)27-13-20(32)31-11-9-30(10-12-31)14-19-28-18-4-2-1-3-17(18)21(26)29-19/h1-8,23H,9-14H2,(H,27,33)(H2,26,28,29). The third-order valence-corrected chi connectivity index (χ3v) is 5.51. The maximum Gasteiger partial charge on any atom is 0.387 e. The highest BCUT2D eigenvalue weighted by Gasteiger charge is 2.22. The second-order valence-electron chi connectivity index (χ2n) is 7.78. The van der Waals surface area contributed by atoms with Gasteiger partial charge in [-0.15, -0.1) is 0 Å². The fourth-order valence-electron chi connectivity index (χ4n) is 3.73. The number of ether oxygens (including phenoxy) is 1. The number of piperazine rings is 1. The lowest BCUT2D eigenvalue weighted by Crippen LogP contribution is -2.51. The minimum atomic E-state index is -2.93. The normalized spacial score (nSPS) is 14.4. The molecule has 2 aromatic carbocycles. The number of nitrogens with zero attached hydrogens (tertiary/aromatic N) is 4. The Balaban J connectivity index is 1.24. The van der Waals surface area contributed by atoms with Crippen molar-refractivity contribution < 1.29 is 23.1 Å². The Morgan fingerprint density at radius 1 is 1.03 bits per heavy atom. The van der Waals surface area contributed by atoms with E-state index in [1.165, 1.54) is 24.3 Å². The maximum absolute atomic E-state index is 12.5. The van der Waals surface area contributed by atoms with E-state index in [0.717, 1.165) is 10.9 Å². The molecule has 178 valence electrons. The number of fused-ring (bicyclic) bond motifs is 1. The Morgan fingerprint density at radius 3 is 2.44 bits per heavy atom. The van der Waals surface area contributed by atoms with Crippen LogP contribution in [-0.2, 0) is 11.3 Å². The van der Waals surface area contributed by atoms with Crippen molar-refractivity contribution in [3.05, 3.63) is 59.9 Å². The number of carbonyl (C=O) groups excluding carboxylic acids is 2. The number of rotatable bonds is 7. The maximum atomic E-state index is 12.5. The van der Waals surface area contributed by atoms with Gasteiger partial charge in [0.05, 0.1) is 18.6 Å². The van der Waals surface area contributed by atoms with Crippen LogP contribution in [0.2, 0.25) is 0 Å². The Labute approximate surface area is 194 Å². The lowest BCUT2D eigenvalue weighted by Gasteiger charge is -2.34. The van der Waals surface area contributed by atoms with Crippen molar-refractivity contribution in [1.82, 2.24) is 25.1 Å². The predicted molar refractivity (Wildman–Crippen MR) is 121 cm³/mol. The van der Waals surface area contributed by atoms with Gasteiger partial charge in [0.1, 0.15) is 17.4 Å². The first-order valence-corrected chi connectivity index (χ1v) is 10.7. The van der Waals surface area contributed by atoms with Gasteiger partial charge in [0.25, 0.3) is 5.91 Å². The third kappa shape index (κ3) is 5.73. The Morgan fingerprint density at radius 2 is 1.74 bits per heavy atom. The number of hydrogen-bond acceptors (Lipinski definition) is 7. The molecule has 0 atom stereocenters. The molecular formula is C23H24F2N6O3. The summed E-state index contributed by atoms with van der Waals surface area (Å²) in [6, 6.07) is 12.8. The van der Waals surface area contributed by atoms with Crippen molar-refractivity contribution in [2.75, 3.05) is 38.5 Å². The lowest BCUT2D eigenvalue weighted by atomic mass is 10.2. The van der Waals surface area contributed by atoms with Crippen LogP contribution in [0.25, 0.3) is 10.9 Å². The van der Waals surface area contributed by atoms with E-state index in [-0.39, 0.29) is 23.8 Å². The van der Waals surface area contributed by atoms with Crippen molar-refractivity contribution in [1.29, 1.82) is 0 Å². The second-order valence-corrected chi connectivity index (χ2v) is 7.78. The van der Waals surface area contributed by atoms with E-state index in [0.29, 0.717) is 44.4 Å². The van der Waals surface area contributed by atoms with Crippen LogP contribution in [0.1, 0.15) is 16.2 Å². The van der Waals surface area contributed by atoms with Gasteiger partial charge in [0, 0.05) is 37.1 Å². The second kappa shape index (κ2) is 10.4. The number of nitrogen functional groups attached to an aromatic ring is 1. The molecule has 0 saturated carbocycles. The molecule has 34 heavy (non-hydrogen) atoms. The predicted octanol–water partition coefficient (Wildman–Crippen LogP) is 1.89. The molecule has 9 nitrogen and oxygen atoms in total. The summed E-state index contributed by atoms with van der Waals surface area (Å²) in [5, 5.41) is 3.38. The highest BCUT2D eigenvalue weighted by Crippen LogP contribution is 2.18. The number of anilines is 1. The fourth-order valence-corrected chi connectivity index (χ4v) is 3.73.